The fraction of sp³-hybridized carbons (Fsp3) is 0.324. The second kappa shape index (κ2) is 14.6. The van der Waals surface area contributed by atoms with Crippen molar-refractivity contribution in [3.05, 3.63) is 114 Å². The molecule has 2 heterocycles. The van der Waals surface area contributed by atoms with Crippen LogP contribution in [0.25, 0.3) is 11.1 Å². The third kappa shape index (κ3) is 7.03. The van der Waals surface area contributed by atoms with Crippen molar-refractivity contribution >= 4 is 21.4 Å². The highest BCUT2D eigenvalue weighted by Gasteiger charge is 2.51. The van der Waals surface area contributed by atoms with Crippen LogP contribution >= 0.6 is 0 Å². The molecule has 1 amide bonds. The molecular formula is C37H38FNO10S. The molecule has 2 fully saturated rings. The van der Waals surface area contributed by atoms with Gasteiger partial charge in [0.1, 0.15) is 36.0 Å². The van der Waals surface area contributed by atoms with E-state index in [9.17, 15) is 43.1 Å². The number of benzene rings is 4. The van der Waals surface area contributed by atoms with Crippen molar-refractivity contribution < 1.29 is 52.6 Å². The van der Waals surface area contributed by atoms with E-state index < -0.39 is 70.2 Å². The molecular weight excluding hydrogens is 669 g/mol. The second-order valence-corrected chi connectivity index (χ2v) is 14.6. The van der Waals surface area contributed by atoms with Crippen LogP contribution in [0, 0.1) is 11.7 Å². The molecule has 4 aromatic rings. The van der Waals surface area contributed by atoms with Crippen LogP contribution in [0.1, 0.15) is 36.1 Å². The van der Waals surface area contributed by atoms with Crippen LogP contribution in [0.15, 0.2) is 102 Å². The Morgan fingerprint density at radius 1 is 0.880 bits per heavy atom. The van der Waals surface area contributed by atoms with E-state index >= 15 is 0 Å². The summed E-state index contributed by atoms with van der Waals surface area (Å²) in [5.41, 5.74) is 2.24. The molecule has 0 saturated carbocycles. The number of amides is 1. The Bertz CT molecular complexity index is 1920. The number of phenols is 1. The Hall–Kier alpha value is -4.21. The van der Waals surface area contributed by atoms with Gasteiger partial charge in [-0.3, -0.25) is 4.79 Å². The average molecular weight is 708 g/mol. The number of phenolic OH excluding ortho intramolecular Hbond substituents is 1. The van der Waals surface area contributed by atoms with E-state index in [0.717, 1.165) is 0 Å². The second-order valence-electron chi connectivity index (χ2n) is 12.6. The maximum Gasteiger partial charge on any atom is 0.233 e. The molecule has 6 rings (SSSR count). The van der Waals surface area contributed by atoms with Crippen molar-refractivity contribution in [3.8, 4) is 16.9 Å². The SMILES string of the molecule is CO[C@@H]1OC(CS(=O)(=O)c2cc(-c3cccc(O)c3)ccc2[C@@H]2[C@@H](CC[C@H](O)c3ccc(F)cc3)C(=O)N2c2ccccc2)[C@H](O)[C@@H](O)[C@@H]1O. The summed E-state index contributed by atoms with van der Waals surface area (Å²) in [4.78, 5) is 15.2. The fourth-order valence-electron chi connectivity index (χ4n) is 6.72. The number of anilines is 1. The van der Waals surface area contributed by atoms with Gasteiger partial charge in [-0.25, -0.2) is 12.8 Å². The van der Waals surface area contributed by atoms with Gasteiger partial charge in [0.25, 0.3) is 0 Å². The lowest BCUT2D eigenvalue weighted by molar-refractivity contribution is -0.285. The Kier molecular flexibility index (Phi) is 10.4. The van der Waals surface area contributed by atoms with Crippen molar-refractivity contribution in [1.29, 1.82) is 0 Å². The van der Waals surface area contributed by atoms with E-state index in [4.69, 9.17) is 9.47 Å². The molecule has 0 spiro atoms. The summed E-state index contributed by atoms with van der Waals surface area (Å²) in [6.07, 6.45) is -8.74. The third-order valence-electron chi connectivity index (χ3n) is 9.39. The normalized spacial score (nSPS) is 26.0. The number of aliphatic hydroxyl groups is 4. The zero-order chi connectivity index (χ0) is 35.7. The van der Waals surface area contributed by atoms with Crippen molar-refractivity contribution in [3.63, 3.8) is 0 Å². The summed E-state index contributed by atoms with van der Waals surface area (Å²) < 4.78 is 53.1. The van der Waals surface area contributed by atoms with E-state index in [-0.39, 0.29) is 35.0 Å². The zero-order valence-corrected chi connectivity index (χ0v) is 27.8. The molecule has 11 nitrogen and oxygen atoms in total. The van der Waals surface area contributed by atoms with Crippen LogP contribution in [-0.2, 0) is 24.1 Å². The van der Waals surface area contributed by atoms with Gasteiger partial charge in [0, 0.05) is 12.8 Å². The number of sulfone groups is 1. The number of hydrogen-bond acceptors (Lipinski definition) is 10. The quantitative estimate of drug-likeness (QED) is 0.145. The highest BCUT2D eigenvalue weighted by molar-refractivity contribution is 7.91. The van der Waals surface area contributed by atoms with Crippen LogP contribution in [-0.4, -0.2) is 83.4 Å². The number of para-hydroxylation sites is 1. The maximum absolute atomic E-state index is 14.5. The minimum Gasteiger partial charge on any atom is -0.508 e. The molecule has 0 aromatic heterocycles. The third-order valence-corrected chi connectivity index (χ3v) is 11.2. The van der Waals surface area contributed by atoms with Gasteiger partial charge in [-0.2, -0.15) is 0 Å². The van der Waals surface area contributed by atoms with Gasteiger partial charge in [-0.15, -0.1) is 0 Å². The monoisotopic (exact) mass is 707 g/mol. The number of carbonyl (C=O) groups is 1. The van der Waals surface area contributed by atoms with Crippen molar-refractivity contribution in [2.75, 3.05) is 17.8 Å². The number of rotatable bonds is 11. The maximum atomic E-state index is 14.5. The molecule has 2 aliphatic heterocycles. The molecule has 2 saturated heterocycles. The lowest BCUT2D eigenvalue weighted by Gasteiger charge is -2.48. The first-order valence-corrected chi connectivity index (χ1v) is 17.7. The Morgan fingerprint density at radius 3 is 2.26 bits per heavy atom. The van der Waals surface area contributed by atoms with Crippen LogP contribution < -0.4 is 4.90 Å². The molecule has 50 heavy (non-hydrogen) atoms. The predicted octanol–water partition coefficient (Wildman–Crippen LogP) is 3.64. The van der Waals surface area contributed by atoms with Gasteiger partial charge in [-0.05, 0) is 77.6 Å². The Labute approximate surface area is 288 Å². The molecule has 8 atom stereocenters. The molecule has 0 radical (unpaired) electrons. The lowest BCUT2D eigenvalue weighted by atomic mass is 9.78. The molecule has 4 aromatic carbocycles. The number of nitrogens with zero attached hydrogens (tertiary/aromatic N) is 1. The number of hydrogen-bond donors (Lipinski definition) is 5. The average Bonchev–Trinajstić information content (AvgIpc) is 3.11. The number of aromatic hydroxyl groups is 1. The smallest absolute Gasteiger partial charge is 0.233 e. The van der Waals surface area contributed by atoms with Gasteiger partial charge in [-0.1, -0.05) is 54.6 Å². The molecule has 1 unspecified atom stereocenters. The predicted molar refractivity (Wildman–Crippen MR) is 180 cm³/mol. The van der Waals surface area contributed by atoms with E-state index in [1.54, 1.807) is 54.6 Å². The molecule has 0 bridgehead atoms. The van der Waals surface area contributed by atoms with Crippen LogP contribution in [0.2, 0.25) is 0 Å². The van der Waals surface area contributed by atoms with Gasteiger partial charge >= 0.3 is 0 Å². The Balaban J connectivity index is 1.42. The van der Waals surface area contributed by atoms with Crippen LogP contribution in [0.4, 0.5) is 10.1 Å². The van der Waals surface area contributed by atoms with E-state index in [1.165, 1.54) is 54.5 Å². The largest absolute Gasteiger partial charge is 0.508 e. The van der Waals surface area contributed by atoms with Gasteiger partial charge in [0.05, 0.1) is 28.7 Å². The first-order valence-electron chi connectivity index (χ1n) is 16.1. The van der Waals surface area contributed by atoms with Gasteiger partial charge in [0.2, 0.25) is 5.91 Å². The van der Waals surface area contributed by atoms with Crippen molar-refractivity contribution in [2.24, 2.45) is 5.92 Å². The van der Waals surface area contributed by atoms with E-state index in [0.29, 0.717) is 22.4 Å². The molecule has 13 heteroatoms. The van der Waals surface area contributed by atoms with Gasteiger partial charge < -0.3 is 39.9 Å². The van der Waals surface area contributed by atoms with Gasteiger partial charge in [0.15, 0.2) is 16.1 Å². The summed E-state index contributed by atoms with van der Waals surface area (Å²) in [5.74, 6) is -2.33. The minimum atomic E-state index is -4.40. The standard InChI is InChI=1S/C37H38FNO10S/c1-48-37-35(44)34(43)33(42)30(49-37)20-50(46,47)31-19-23(22-6-5-9-26(40)18-22)12-15-27(31)32-28(36(45)39(32)25-7-3-2-4-8-25)16-17-29(41)21-10-13-24(38)14-11-21/h2-15,18-19,28-30,32-35,37,40-44H,16-17,20H2,1H3/t28-,29+,30?,32-,33+,34-,35+,37-/m1/s1. The molecule has 0 aliphatic carbocycles. The summed E-state index contributed by atoms with van der Waals surface area (Å²) >= 11 is 0. The number of aliphatic hydroxyl groups excluding tert-OH is 4. The van der Waals surface area contributed by atoms with Crippen molar-refractivity contribution in [1.82, 2.24) is 0 Å². The zero-order valence-electron chi connectivity index (χ0n) is 27.0. The summed E-state index contributed by atoms with van der Waals surface area (Å²) in [6, 6.07) is 24.3. The lowest BCUT2D eigenvalue weighted by Crippen LogP contribution is -2.59. The number of ether oxygens (including phenoxy) is 2. The first-order chi connectivity index (χ1) is 23.9. The van der Waals surface area contributed by atoms with E-state index in [2.05, 4.69) is 0 Å². The summed E-state index contributed by atoms with van der Waals surface area (Å²) in [6.45, 7) is 0. The number of halogens is 1. The Morgan fingerprint density at radius 2 is 1.58 bits per heavy atom. The van der Waals surface area contributed by atoms with Crippen molar-refractivity contribution in [2.45, 2.75) is 60.6 Å². The number of β-lactam (4-membered cyclic amide) rings is 1. The molecule has 264 valence electrons. The highest BCUT2D eigenvalue weighted by Crippen LogP contribution is 2.49. The molecule has 5 N–H and O–H groups in total. The number of carbonyl (C=O) groups excluding carboxylic acids is 1. The highest BCUT2D eigenvalue weighted by atomic mass is 32.2. The summed E-state index contributed by atoms with van der Waals surface area (Å²) in [5, 5.41) is 52.5. The number of methoxy groups -OCH3 is 1. The first kappa shape index (κ1) is 35.6. The minimum absolute atomic E-state index is 0.0347. The topological polar surface area (TPSA) is 174 Å². The van der Waals surface area contributed by atoms with Crippen LogP contribution in [0.3, 0.4) is 0 Å². The van der Waals surface area contributed by atoms with Crippen LogP contribution in [0.5, 0.6) is 5.75 Å². The molecule has 2 aliphatic rings. The fourth-order valence-corrected chi connectivity index (χ4v) is 8.46. The van der Waals surface area contributed by atoms with E-state index in [1.807, 2.05) is 0 Å². The summed E-state index contributed by atoms with van der Waals surface area (Å²) in [7, 11) is -3.19.